The highest BCUT2D eigenvalue weighted by Crippen LogP contribution is 2.28. The second-order valence-corrected chi connectivity index (χ2v) is 8.41. The normalized spacial score (nSPS) is 20.6. The molecule has 3 amide bonds. The summed E-state index contributed by atoms with van der Waals surface area (Å²) < 4.78 is 2.08. The average Bonchev–Trinajstić information content (AvgIpc) is 3.25. The summed E-state index contributed by atoms with van der Waals surface area (Å²) in [5.41, 5.74) is 6.11. The van der Waals surface area contributed by atoms with Crippen LogP contribution in [0.2, 0.25) is 0 Å². The number of piperidine rings is 1. The van der Waals surface area contributed by atoms with Gasteiger partial charge < -0.3 is 15.5 Å². The van der Waals surface area contributed by atoms with Gasteiger partial charge in [0.15, 0.2) is 0 Å². The van der Waals surface area contributed by atoms with E-state index in [2.05, 4.69) is 25.7 Å². The van der Waals surface area contributed by atoms with Gasteiger partial charge in [0.2, 0.25) is 11.8 Å². The largest absolute Gasteiger partial charge is 0.322 e. The van der Waals surface area contributed by atoms with E-state index in [0.717, 1.165) is 43.0 Å². The predicted octanol–water partition coefficient (Wildman–Crippen LogP) is 0.346. The van der Waals surface area contributed by atoms with E-state index in [9.17, 15) is 14.4 Å². The number of aromatic nitrogens is 2. The Labute approximate surface area is 180 Å². The Morgan fingerprint density at radius 3 is 2.94 bits per heavy atom. The lowest BCUT2D eigenvalue weighted by Crippen LogP contribution is -2.52. The molecule has 2 aromatic rings. The van der Waals surface area contributed by atoms with Gasteiger partial charge in [-0.1, -0.05) is 12.1 Å². The van der Waals surface area contributed by atoms with E-state index in [-0.39, 0.29) is 24.1 Å². The minimum Gasteiger partial charge on any atom is -0.322 e. The monoisotopic (exact) mass is 422 g/mol. The lowest BCUT2D eigenvalue weighted by molar-refractivity contribution is -0.136. The van der Waals surface area contributed by atoms with E-state index in [1.54, 1.807) is 4.90 Å². The summed E-state index contributed by atoms with van der Waals surface area (Å²) in [6.07, 6.45) is 0.641. The van der Waals surface area contributed by atoms with Gasteiger partial charge in [0.25, 0.3) is 5.91 Å². The number of nitrogens with zero attached hydrogens (tertiary/aromatic N) is 3. The molecule has 3 aliphatic heterocycles. The van der Waals surface area contributed by atoms with Gasteiger partial charge in [0.05, 0.1) is 17.9 Å². The maximum absolute atomic E-state index is 13.0. The smallest absolute Gasteiger partial charge is 0.255 e. The van der Waals surface area contributed by atoms with Crippen LogP contribution in [0, 0.1) is 6.92 Å². The van der Waals surface area contributed by atoms with Gasteiger partial charge in [-0.2, -0.15) is 5.10 Å². The number of carbonyl (C=O) groups is 3. The number of hydrogen-bond donors (Lipinski definition) is 3. The number of nitrogens with one attached hydrogen (secondary N) is 3. The quantitative estimate of drug-likeness (QED) is 0.600. The fraction of sp³-hybridized carbons (Fsp3) is 0.455. The van der Waals surface area contributed by atoms with Crippen molar-refractivity contribution in [2.75, 3.05) is 6.54 Å². The minimum absolute atomic E-state index is 0.140. The summed E-state index contributed by atoms with van der Waals surface area (Å²) in [6, 6.07) is 5.32. The molecule has 9 nitrogen and oxygen atoms in total. The van der Waals surface area contributed by atoms with Gasteiger partial charge >= 0.3 is 0 Å². The molecule has 3 aliphatic rings. The molecular weight excluding hydrogens is 396 g/mol. The van der Waals surface area contributed by atoms with E-state index in [1.165, 1.54) is 11.3 Å². The zero-order valence-corrected chi connectivity index (χ0v) is 17.5. The number of rotatable bonds is 5. The minimum atomic E-state index is -0.579. The zero-order chi connectivity index (χ0) is 21.5. The molecule has 0 spiro atoms. The number of hydrogen-bond acceptors (Lipinski definition) is 6. The predicted molar refractivity (Wildman–Crippen MR) is 112 cm³/mol. The molecule has 0 saturated carbocycles. The van der Waals surface area contributed by atoms with Crippen molar-refractivity contribution in [1.29, 1.82) is 0 Å². The molecule has 0 bridgehead atoms. The molecule has 0 radical (unpaired) electrons. The zero-order valence-electron chi connectivity index (χ0n) is 17.5. The van der Waals surface area contributed by atoms with Crippen LogP contribution in [0.4, 0.5) is 0 Å². The van der Waals surface area contributed by atoms with Gasteiger partial charge in [-0.25, -0.2) is 0 Å². The SMILES string of the molecule is Cc1nn2c(c1CNCc1ccc3c(c1)C(=O)N(C1CCC(=O)NC1=O)C3)CNCC2. The lowest BCUT2D eigenvalue weighted by atomic mass is 10.0. The Bertz CT molecular complexity index is 1080. The van der Waals surface area contributed by atoms with Gasteiger partial charge in [-0.15, -0.1) is 0 Å². The average molecular weight is 422 g/mol. The molecule has 0 aliphatic carbocycles. The molecule has 4 heterocycles. The standard InChI is InChI=1S/C22H26N6O3/c1-13-17(19-11-23-6-7-28(19)26-13)10-24-9-14-2-3-15-12-27(22(31)16(15)8-14)18-4-5-20(29)25-21(18)30/h2-3,8,18,23-24H,4-7,9-12H2,1H3,(H,25,29,30). The fourth-order valence-corrected chi connectivity index (χ4v) is 4.71. The van der Waals surface area contributed by atoms with Crippen LogP contribution in [-0.4, -0.2) is 45.0 Å². The first-order chi connectivity index (χ1) is 15.0. The Balaban J connectivity index is 1.25. The molecule has 31 heavy (non-hydrogen) atoms. The third-order valence-corrected chi connectivity index (χ3v) is 6.38. The molecule has 1 unspecified atom stereocenters. The third-order valence-electron chi connectivity index (χ3n) is 6.38. The summed E-state index contributed by atoms with van der Waals surface area (Å²) >= 11 is 0. The molecule has 1 saturated heterocycles. The van der Waals surface area contributed by atoms with Crippen molar-refractivity contribution in [3.8, 4) is 0 Å². The molecule has 1 fully saturated rings. The molecule has 3 N–H and O–H groups in total. The Morgan fingerprint density at radius 2 is 2.10 bits per heavy atom. The lowest BCUT2D eigenvalue weighted by Gasteiger charge is -2.29. The van der Waals surface area contributed by atoms with Crippen molar-refractivity contribution in [3.63, 3.8) is 0 Å². The first-order valence-electron chi connectivity index (χ1n) is 10.7. The highest BCUT2D eigenvalue weighted by molar-refractivity contribution is 6.05. The highest BCUT2D eigenvalue weighted by atomic mass is 16.2. The molecule has 162 valence electrons. The second-order valence-electron chi connectivity index (χ2n) is 8.41. The highest BCUT2D eigenvalue weighted by Gasteiger charge is 2.39. The van der Waals surface area contributed by atoms with E-state index < -0.39 is 6.04 Å². The van der Waals surface area contributed by atoms with Gasteiger partial charge in [-0.05, 0) is 30.5 Å². The van der Waals surface area contributed by atoms with Crippen molar-refractivity contribution in [2.24, 2.45) is 0 Å². The van der Waals surface area contributed by atoms with Crippen LogP contribution in [0.15, 0.2) is 18.2 Å². The molecule has 9 heteroatoms. The van der Waals surface area contributed by atoms with Crippen LogP contribution in [0.25, 0.3) is 0 Å². The summed E-state index contributed by atoms with van der Waals surface area (Å²) in [4.78, 5) is 38.2. The number of aryl methyl sites for hydroxylation is 1. The van der Waals surface area contributed by atoms with Crippen molar-refractivity contribution in [1.82, 2.24) is 30.6 Å². The van der Waals surface area contributed by atoms with Crippen LogP contribution in [0.5, 0.6) is 0 Å². The Hall–Kier alpha value is -3.04. The van der Waals surface area contributed by atoms with Crippen LogP contribution < -0.4 is 16.0 Å². The van der Waals surface area contributed by atoms with Crippen molar-refractivity contribution in [2.45, 2.75) is 58.5 Å². The van der Waals surface area contributed by atoms with Crippen LogP contribution in [0.1, 0.15) is 51.3 Å². The van der Waals surface area contributed by atoms with Crippen molar-refractivity contribution >= 4 is 17.7 Å². The van der Waals surface area contributed by atoms with Crippen LogP contribution >= 0.6 is 0 Å². The topological polar surface area (TPSA) is 108 Å². The number of carbonyl (C=O) groups excluding carboxylic acids is 3. The van der Waals surface area contributed by atoms with Gasteiger partial charge in [-0.3, -0.25) is 24.4 Å². The third kappa shape index (κ3) is 3.64. The Kier molecular flexibility index (Phi) is 5.07. The maximum Gasteiger partial charge on any atom is 0.255 e. The van der Waals surface area contributed by atoms with E-state index in [0.29, 0.717) is 25.1 Å². The summed E-state index contributed by atoms with van der Waals surface area (Å²) in [5, 5.41) is 13.8. The molecule has 5 rings (SSSR count). The van der Waals surface area contributed by atoms with Crippen LogP contribution in [-0.2, 0) is 42.3 Å². The molecule has 1 aromatic carbocycles. The number of benzene rings is 1. The second kappa shape index (κ2) is 7.90. The molecule has 1 atom stereocenters. The summed E-state index contributed by atoms with van der Waals surface area (Å²) in [6.45, 7) is 6.48. The number of fused-ring (bicyclic) bond motifs is 2. The maximum atomic E-state index is 13.0. The van der Waals surface area contributed by atoms with Crippen LogP contribution in [0.3, 0.4) is 0 Å². The van der Waals surface area contributed by atoms with E-state index >= 15 is 0 Å². The summed E-state index contributed by atoms with van der Waals surface area (Å²) in [5.74, 6) is -0.794. The molecule has 1 aromatic heterocycles. The van der Waals surface area contributed by atoms with E-state index in [1.807, 2.05) is 25.1 Å². The Morgan fingerprint density at radius 1 is 1.23 bits per heavy atom. The first kappa shape index (κ1) is 19.9. The fourth-order valence-electron chi connectivity index (χ4n) is 4.71. The van der Waals surface area contributed by atoms with Crippen molar-refractivity contribution < 1.29 is 14.4 Å². The first-order valence-corrected chi connectivity index (χ1v) is 10.7. The van der Waals surface area contributed by atoms with E-state index in [4.69, 9.17) is 0 Å². The number of imide groups is 1. The molecular formula is C22H26N6O3. The summed E-state index contributed by atoms with van der Waals surface area (Å²) in [7, 11) is 0. The van der Waals surface area contributed by atoms with Crippen molar-refractivity contribution in [3.05, 3.63) is 51.8 Å². The number of amides is 3. The van der Waals surface area contributed by atoms with Gasteiger partial charge in [0, 0.05) is 50.3 Å². The van der Waals surface area contributed by atoms with Gasteiger partial charge in [0.1, 0.15) is 6.04 Å².